The summed E-state index contributed by atoms with van der Waals surface area (Å²) >= 11 is 0. The van der Waals surface area contributed by atoms with Crippen molar-refractivity contribution in [2.45, 2.75) is 67.6 Å². The summed E-state index contributed by atoms with van der Waals surface area (Å²) in [5.41, 5.74) is -0.385. The number of fused-ring (bicyclic) bond motifs is 1. The van der Waals surface area contributed by atoms with Gasteiger partial charge in [-0.1, -0.05) is 0 Å². The molecule has 1 aromatic heterocycles. The molecular formula is C27H30O14. The van der Waals surface area contributed by atoms with Crippen molar-refractivity contribution in [3.63, 3.8) is 0 Å². The minimum atomic E-state index is -2.61. The monoisotopic (exact) mass is 578 g/mol. The molecule has 2 fully saturated rings. The summed E-state index contributed by atoms with van der Waals surface area (Å²) in [6.07, 6.45) is -16.0. The fourth-order valence-electron chi connectivity index (χ4n) is 5.20. The van der Waals surface area contributed by atoms with Crippen LogP contribution in [0.25, 0.3) is 22.3 Å². The van der Waals surface area contributed by atoms with Crippen molar-refractivity contribution in [3.8, 4) is 28.6 Å². The maximum Gasteiger partial charge on any atom is 0.268 e. The molecule has 2 saturated heterocycles. The molecule has 2 aromatic carbocycles. The summed E-state index contributed by atoms with van der Waals surface area (Å²) in [6.45, 7) is 0.499. The molecule has 0 saturated carbocycles. The third kappa shape index (κ3) is 4.92. The number of ether oxygens (including phenoxy) is 3. The van der Waals surface area contributed by atoms with Crippen molar-refractivity contribution in [2.24, 2.45) is 0 Å². The van der Waals surface area contributed by atoms with Crippen molar-refractivity contribution < 1.29 is 64.6 Å². The lowest BCUT2D eigenvalue weighted by Gasteiger charge is -2.54. The van der Waals surface area contributed by atoms with Crippen molar-refractivity contribution >= 4 is 11.0 Å². The predicted octanol–water partition coefficient (Wildman–Crippen LogP) is -1.71. The summed E-state index contributed by atoms with van der Waals surface area (Å²) in [7, 11) is 0. The molecule has 9 N–H and O–H groups in total. The van der Waals surface area contributed by atoms with Crippen LogP contribution in [0, 0.1) is 0 Å². The molecule has 2 aliphatic rings. The molecule has 3 aromatic rings. The summed E-state index contributed by atoms with van der Waals surface area (Å²) in [5.74, 6) is -3.49. The van der Waals surface area contributed by atoms with Crippen LogP contribution in [-0.2, 0) is 9.47 Å². The molecule has 222 valence electrons. The Morgan fingerprint density at radius 1 is 0.878 bits per heavy atom. The summed E-state index contributed by atoms with van der Waals surface area (Å²) in [5, 5.41) is 93.4. The van der Waals surface area contributed by atoms with Crippen molar-refractivity contribution in [1.82, 2.24) is 0 Å². The van der Waals surface area contributed by atoms with E-state index >= 15 is 0 Å². The van der Waals surface area contributed by atoms with Crippen LogP contribution < -0.4 is 10.2 Å². The first-order valence-corrected chi connectivity index (χ1v) is 12.7. The highest BCUT2D eigenvalue weighted by atomic mass is 16.7. The van der Waals surface area contributed by atoms with Crippen LogP contribution in [-0.4, -0.2) is 113 Å². The van der Waals surface area contributed by atoms with Gasteiger partial charge in [0, 0.05) is 23.8 Å². The van der Waals surface area contributed by atoms with Gasteiger partial charge in [-0.2, -0.15) is 0 Å². The van der Waals surface area contributed by atoms with E-state index in [1.54, 1.807) is 0 Å². The van der Waals surface area contributed by atoms with Gasteiger partial charge in [-0.05, 0) is 31.2 Å². The smallest absolute Gasteiger partial charge is 0.268 e. The van der Waals surface area contributed by atoms with Gasteiger partial charge in [0.25, 0.3) is 5.79 Å². The average molecular weight is 579 g/mol. The highest BCUT2D eigenvalue weighted by Gasteiger charge is 2.64. The largest absolute Gasteiger partial charge is 0.508 e. The Morgan fingerprint density at radius 3 is 2.22 bits per heavy atom. The van der Waals surface area contributed by atoms with E-state index in [0.29, 0.717) is 5.56 Å². The van der Waals surface area contributed by atoms with E-state index in [1.165, 1.54) is 31.2 Å². The SMILES string of the molecule is CC1OC(Oc2cc(O)c3c(=O)cc(-c4ccc(O)cc4)oc3c2)(C2OC(CO)C(O)C(O)C2O)C(O)C(O)C1O. The minimum Gasteiger partial charge on any atom is -0.508 e. The number of rotatable bonds is 5. The van der Waals surface area contributed by atoms with Gasteiger partial charge in [-0.3, -0.25) is 4.79 Å². The standard InChI is InChI=1S/C27H30O14/c1-10-20(32)23(35)25(37)27(40-10,26-24(36)22(34)21(33)18(9-28)39-26)41-13-6-14(30)19-15(31)8-16(38-17(19)7-13)11-2-4-12(29)5-3-11/h2-8,10,18,20-26,28-30,32-37H,9H2,1H3. The highest BCUT2D eigenvalue weighted by Crippen LogP contribution is 2.42. The van der Waals surface area contributed by atoms with E-state index in [1.807, 2.05) is 0 Å². The summed E-state index contributed by atoms with van der Waals surface area (Å²) in [6, 6.07) is 9.01. The molecule has 14 heteroatoms. The number of hydrogen-bond acceptors (Lipinski definition) is 14. The zero-order valence-electron chi connectivity index (χ0n) is 21.5. The van der Waals surface area contributed by atoms with Crippen LogP contribution >= 0.6 is 0 Å². The number of phenols is 2. The maximum atomic E-state index is 12.9. The molecule has 3 heterocycles. The average Bonchev–Trinajstić information content (AvgIpc) is 2.93. The van der Waals surface area contributed by atoms with Gasteiger partial charge in [-0.25, -0.2) is 0 Å². The van der Waals surface area contributed by atoms with Gasteiger partial charge in [0.1, 0.15) is 70.6 Å². The Labute approximate surface area is 231 Å². The topological polar surface area (TPSA) is 240 Å². The number of benzene rings is 2. The number of aromatic hydroxyl groups is 2. The number of hydrogen-bond donors (Lipinski definition) is 9. The Hall–Kier alpha value is -3.31. The van der Waals surface area contributed by atoms with E-state index in [2.05, 4.69) is 0 Å². The summed E-state index contributed by atoms with van der Waals surface area (Å²) in [4.78, 5) is 12.9. The van der Waals surface area contributed by atoms with Gasteiger partial charge >= 0.3 is 0 Å². The zero-order chi connectivity index (χ0) is 29.8. The van der Waals surface area contributed by atoms with E-state index in [4.69, 9.17) is 18.6 Å². The molecule has 0 radical (unpaired) electrons. The second kappa shape index (κ2) is 10.8. The number of aliphatic hydroxyl groups excluding tert-OH is 7. The molecule has 0 spiro atoms. The zero-order valence-corrected chi connectivity index (χ0v) is 21.5. The third-order valence-corrected chi connectivity index (χ3v) is 7.44. The Balaban J connectivity index is 1.63. The van der Waals surface area contributed by atoms with Crippen LogP contribution in [0.5, 0.6) is 17.2 Å². The van der Waals surface area contributed by atoms with Crippen LogP contribution in [0.3, 0.4) is 0 Å². The number of phenolic OH excluding ortho intramolecular Hbond substituents is 2. The fraction of sp³-hybridized carbons (Fsp3) is 0.444. The van der Waals surface area contributed by atoms with Gasteiger partial charge in [0.2, 0.25) is 0 Å². The molecule has 5 rings (SSSR count). The molecule has 14 nitrogen and oxygen atoms in total. The first-order chi connectivity index (χ1) is 19.4. The lowest BCUT2D eigenvalue weighted by Crippen LogP contribution is -2.76. The fourth-order valence-corrected chi connectivity index (χ4v) is 5.20. The molecule has 10 unspecified atom stereocenters. The maximum absolute atomic E-state index is 12.9. The van der Waals surface area contributed by atoms with Crippen molar-refractivity contribution in [2.75, 3.05) is 6.61 Å². The van der Waals surface area contributed by atoms with Gasteiger partial charge in [-0.15, -0.1) is 0 Å². The van der Waals surface area contributed by atoms with Gasteiger partial charge < -0.3 is 64.6 Å². The van der Waals surface area contributed by atoms with Crippen molar-refractivity contribution in [3.05, 3.63) is 52.7 Å². The van der Waals surface area contributed by atoms with Crippen molar-refractivity contribution in [1.29, 1.82) is 0 Å². The highest BCUT2D eigenvalue weighted by molar-refractivity contribution is 5.86. The lowest BCUT2D eigenvalue weighted by atomic mass is 9.83. The molecule has 10 atom stereocenters. The molecule has 41 heavy (non-hydrogen) atoms. The molecule has 0 aliphatic carbocycles. The lowest BCUT2D eigenvalue weighted by molar-refractivity contribution is -0.392. The molecular weight excluding hydrogens is 548 g/mol. The van der Waals surface area contributed by atoms with Crippen LogP contribution in [0.1, 0.15) is 6.92 Å². The Kier molecular flexibility index (Phi) is 7.71. The Bertz CT molecular complexity index is 1450. The summed E-state index contributed by atoms with van der Waals surface area (Å²) < 4.78 is 23.2. The first-order valence-electron chi connectivity index (χ1n) is 12.7. The Morgan fingerprint density at radius 2 is 1.56 bits per heavy atom. The van der Waals surface area contributed by atoms with Crippen LogP contribution in [0.15, 0.2) is 51.7 Å². The third-order valence-electron chi connectivity index (χ3n) is 7.44. The first kappa shape index (κ1) is 29.2. The quantitative estimate of drug-likeness (QED) is 0.164. The van der Waals surface area contributed by atoms with Crippen LogP contribution in [0.2, 0.25) is 0 Å². The second-order valence-corrected chi connectivity index (χ2v) is 10.2. The number of aliphatic hydroxyl groups is 7. The molecule has 0 amide bonds. The molecule has 0 bridgehead atoms. The van der Waals surface area contributed by atoms with Gasteiger partial charge in [0.15, 0.2) is 17.6 Å². The second-order valence-electron chi connectivity index (χ2n) is 10.2. The van der Waals surface area contributed by atoms with Gasteiger partial charge in [0.05, 0.1) is 12.7 Å². The van der Waals surface area contributed by atoms with E-state index in [-0.39, 0.29) is 28.2 Å². The minimum absolute atomic E-state index is 0.0173. The van der Waals surface area contributed by atoms with Crippen LogP contribution in [0.4, 0.5) is 0 Å². The van der Waals surface area contributed by atoms with E-state index in [0.717, 1.165) is 18.2 Å². The van der Waals surface area contributed by atoms with E-state index in [9.17, 15) is 50.8 Å². The normalized spacial score (nSPS) is 35.9. The van der Waals surface area contributed by atoms with E-state index < -0.39 is 78.5 Å². The molecule has 2 aliphatic heterocycles. The predicted molar refractivity (Wildman–Crippen MR) is 137 cm³/mol.